The zero-order chi connectivity index (χ0) is 20.1. The SMILES string of the molecule is NC(CO)C(=O)NC(CO)C(=O)N1CCCC1C(=O)N1CCCC1C(=O)O. The van der Waals surface area contributed by atoms with E-state index < -0.39 is 61.1 Å². The molecular formula is C16H26N4O7. The number of carbonyl (C=O) groups is 4. The lowest BCUT2D eigenvalue weighted by molar-refractivity contribution is -0.152. The molecule has 2 fully saturated rings. The number of carboxylic acids is 1. The molecular weight excluding hydrogens is 360 g/mol. The Morgan fingerprint density at radius 3 is 2.15 bits per heavy atom. The number of amides is 3. The smallest absolute Gasteiger partial charge is 0.326 e. The molecule has 0 spiro atoms. The molecule has 0 bridgehead atoms. The maximum atomic E-state index is 12.8. The highest BCUT2D eigenvalue weighted by molar-refractivity contribution is 5.94. The van der Waals surface area contributed by atoms with Crippen molar-refractivity contribution in [3.05, 3.63) is 0 Å². The minimum atomic E-state index is -1.29. The number of nitrogens with zero attached hydrogens (tertiary/aromatic N) is 2. The van der Waals surface area contributed by atoms with E-state index in [0.717, 1.165) is 0 Å². The van der Waals surface area contributed by atoms with Crippen molar-refractivity contribution in [2.75, 3.05) is 26.3 Å². The quantitative estimate of drug-likeness (QED) is 0.305. The van der Waals surface area contributed by atoms with Gasteiger partial charge in [-0.2, -0.15) is 0 Å². The van der Waals surface area contributed by atoms with Gasteiger partial charge in [0.05, 0.1) is 13.2 Å². The molecule has 4 atom stereocenters. The number of nitrogens with one attached hydrogen (secondary N) is 1. The Kier molecular flexibility index (Phi) is 7.11. The number of hydrogen-bond acceptors (Lipinski definition) is 7. The van der Waals surface area contributed by atoms with E-state index >= 15 is 0 Å². The van der Waals surface area contributed by atoms with Crippen LogP contribution in [-0.4, -0.2) is 99.3 Å². The predicted octanol–water partition coefficient (Wildman–Crippen LogP) is -3.15. The van der Waals surface area contributed by atoms with Crippen LogP contribution in [0.2, 0.25) is 0 Å². The van der Waals surface area contributed by atoms with Gasteiger partial charge in [0.2, 0.25) is 17.7 Å². The van der Waals surface area contributed by atoms with E-state index in [9.17, 15) is 29.4 Å². The van der Waals surface area contributed by atoms with Crippen molar-refractivity contribution in [3.8, 4) is 0 Å². The Hall–Kier alpha value is -2.24. The molecule has 0 aromatic heterocycles. The lowest BCUT2D eigenvalue weighted by Gasteiger charge is -2.32. The van der Waals surface area contributed by atoms with Crippen LogP contribution < -0.4 is 11.1 Å². The van der Waals surface area contributed by atoms with Gasteiger partial charge in [0.1, 0.15) is 24.2 Å². The molecule has 0 radical (unpaired) electrons. The predicted molar refractivity (Wildman–Crippen MR) is 91.2 cm³/mol. The van der Waals surface area contributed by atoms with Crippen molar-refractivity contribution >= 4 is 23.7 Å². The number of aliphatic hydroxyl groups is 2. The number of rotatable bonds is 7. The molecule has 2 rings (SSSR count). The van der Waals surface area contributed by atoms with E-state index in [4.69, 9.17) is 10.8 Å². The summed E-state index contributed by atoms with van der Waals surface area (Å²) in [5, 5.41) is 29.9. The van der Waals surface area contributed by atoms with Gasteiger partial charge in [-0.05, 0) is 25.7 Å². The fourth-order valence-corrected chi connectivity index (χ4v) is 3.51. The van der Waals surface area contributed by atoms with Crippen LogP contribution in [0.1, 0.15) is 25.7 Å². The Morgan fingerprint density at radius 2 is 1.59 bits per heavy atom. The first-order valence-corrected chi connectivity index (χ1v) is 8.93. The Balaban J connectivity index is 2.09. The molecule has 11 heteroatoms. The van der Waals surface area contributed by atoms with Gasteiger partial charge < -0.3 is 36.2 Å². The summed E-state index contributed by atoms with van der Waals surface area (Å²) >= 11 is 0. The van der Waals surface area contributed by atoms with Gasteiger partial charge in [0, 0.05) is 13.1 Å². The normalized spacial score (nSPS) is 24.6. The summed E-state index contributed by atoms with van der Waals surface area (Å²) in [5.41, 5.74) is 5.39. The second-order valence-electron chi connectivity index (χ2n) is 6.75. The zero-order valence-electron chi connectivity index (χ0n) is 14.9. The molecule has 6 N–H and O–H groups in total. The minimum absolute atomic E-state index is 0.263. The molecule has 152 valence electrons. The molecule has 2 saturated heterocycles. The van der Waals surface area contributed by atoms with Crippen molar-refractivity contribution in [1.29, 1.82) is 0 Å². The molecule has 3 amide bonds. The molecule has 0 saturated carbocycles. The minimum Gasteiger partial charge on any atom is -0.480 e. The number of likely N-dealkylation sites (tertiary alicyclic amines) is 2. The molecule has 2 aliphatic rings. The van der Waals surface area contributed by atoms with E-state index in [-0.39, 0.29) is 6.54 Å². The van der Waals surface area contributed by atoms with Crippen LogP contribution in [0.3, 0.4) is 0 Å². The van der Waals surface area contributed by atoms with Crippen LogP contribution in [0.25, 0.3) is 0 Å². The molecule has 2 heterocycles. The summed E-state index contributed by atoms with van der Waals surface area (Å²) in [5.74, 6) is -2.94. The number of nitrogens with two attached hydrogens (primary N) is 1. The van der Waals surface area contributed by atoms with Crippen LogP contribution in [0.5, 0.6) is 0 Å². The molecule has 2 aliphatic heterocycles. The summed E-state index contributed by atoms with van der Waals surface area (Å²) in [6.07, 6.45) is 1.89. The number of aliphatic carboxylic acids is 1. The third kappa shape index (κ3) is 4.54. The molecule has 4 unspecified atom stereocenters. The Labute approximate surface area is 156 Å². The number of carbonyl (C=O) groups excluding carboxylic acids is 3. The van der Waals surface area contributed by atoms with Crippen LogP contribution in [0.15, 0.2) is 0 Å². The van der Waals surface area contributed by atoms with Gasteiger partial charge in [0.25, 0.3) is 0 Å². The first kappa shape index (κ1) is 21.1. The largest absolute Gasteiger partial charge is 0.480 e. The fraction of sp³-hybridized carbons (Fsp3) is 0.750. The van der Waals surface area contributed by atoms with Gasteiger partial charge in [-0.25, -0.2) is 4.79 Å². The summed E-state index contributed by atoms with van der Waals surface area (Å²) in [6, 6.07) is -4.25. The van der Waals surface area contributed by atoms with E-state index in [1.165, 1.54) is 9.80 Å². The van der Waals surface area contributed by atoms with Crippen molar-refractivity contribution < 1.29 is 34.5 Å². The van der Waals surface area contributed by atoms with Gasteiger partial charge in [-0.1, -0.05) is 0 Å². The maximum Gasteiger partial charge on any atom is 0.326 e. The molecule has 0 aromatic carbocycles. The number of hydrogen-bond donors (Lipinski definition) is 5. The maximum absolute atomic E-state index is 12.8. The molecule has 0 aromatic rings. The lowest BCUT2D eigenvalue weighted by Crippen LogP contribution is -2.58. The van der Waals surface area contributed by atoms with Crippen molar-refractivity contribution in [3.63, 3.8) is 0 Å². The van der Waals surface area contributed by atoms with Gasteiger partial charge in [-0.15, -0.1) is 0 Å². The van der Waals surface area contributed by atoms with Crippen molar-refractivity contribution in [2.24, 2.45) is 5.73 Å². The van der Waals surface area contributed by atoms with E-state index in [1.54, 1.807) is 0 Å². The summed E-state index contributed by atoms with van der Waals surface area (Å²) in [6.45, 7) is -0.727. The second-order valence-corrected chi connectivity index (χ2v) is 6.75. The number of carboxylic acid groups (broad SMARTS) is 1. The first-order chi connectivity index (χ1) is 12.8. The average Bonchev–Trinajstić information content (AvgIpc) is 3.33. The standard InChI is InChI=1S/C16H26N4O7/c17-9(7-21)13(23)18-10(8-22)14(24)19-5-1-3-11(19)15(25)20-6-2-4-12(20)16(26)27/h9-12,21-22H,1-8,17H2,(H,18,23)(H,26,27). The van der Waals surface area contributed by atoms with Crippen LogP contribution in [0.4, 0.5) is 0 Å². The zero-order valence-corrected chi connectivity index (χ0v) is 14.9. The highest BCUT2D eigenvalue weighted by Crippen LogP contribution is 2.25. The third-order valence-corrected chi connectivity index (χ3v) is 4.97. The van der Waals surface area contributed by atoms with E-state index in [0.29, 0.717) is 32.2 Å². The van der Waals surface area contributed by atoms with Gasteiger partial charge in [0.15, 0.2) is 0 Å². The van der Waals surface area contributed by atoms with Crippen molar-refractivity contribution in [2.45, 2.75) is 49.9 Å². The molecule has 0 aliphatic carbocycles. The van der Waals surface area contributed by atoms with Crippen LogP contribution in [-0.2, 0) is 19.2 Å². The van der Waals surface area contributed by atoms with Gasteiger partial charge >= 0.3 is 5.97 Å². The highest BCUT2D eigenvalue weighted by atomic mass is 16.4. The summed E-state index contributed by atoms with van der Waals surface area (Å²) in [7, 11) is 0. The molecule has 27 heavy (non-hydrogen) atoms. The van der Waals surface area contributed by atoms with E-state index in [1.807, 2.05) is 0 Å². The topological polar surface area (TPSA) is 174 Å². The lowest BCUT2D eigenvalue weighted by atomic mass is 10.1. The highest BCUT2D eigenvalue weighted by Gasteiger charge is 2.43. The summed E-state index contributed by atoms with van der Waals surface area (Å²) in [4.78, 5) is 51.2. The monoisotopic (exact) mass is 386 g/mol. The van der Waals surface area contributed by atoms with Crippen molar-refractivity contribution in [1.82, 2.24) is 15.1 Å². The third-order valence-electron chi connectivity index (χ3n) is 4.97. The Morgan fingerprint density at radius 1 is 1.00 bits per heavy atom. The van der Waals surface area contributed by atoms with Crippen LogP contribution >= 0.6 is 0 Å². The summed E-state index contributed by atoms with van der Waals surface area (Å²) < 4.78 is 0. The second kappa shape index (κ2) is 9.11. The van der Waals surface area contributed by atoms with Gasteiger partial charge in [-0.3, -0.25) is 14.4 Å². The Bertz CT molecular complexity index is 599. The number of aliphatic hydroxyl groups excluding tert-OH is 2. The molecule has 11 nitrogen and oxygen atoms in total. The van der Waals surface area contributed by atoms with E-state index in [2.05, 4.69) is 5.32 Å². The average molecular weight is 386 g/mol. The fourth-order valence-electron chi connectivity index (χ4n) is 3.51. The van der Waals surface area contributed by atoms with Crippen LogP contribution in [0, 0.1) is 0 Å². The first-order valence-electron chi connectivity index (χ1n) is 8.93.